The molecule has 2 heterocycles. The van der Waals surface area contributed by atoms with Gasteiger partial charge in [-0.1, -0.05) is 43.3 Å². The van der Waals surface area contributed by atoms with E-state index in [9.17, 15) is 5.11 Å². The van der Waals surface area contributed by atoms with Crippen molar-refractivity contribution in [3.05, 3.63) is 59.7 Å². The van der Waals surface area contributed by atoms with Crippen molar-refractivity contribution in [2.75, 3.05) is 52.7 Å². The highest BCUT2D eigenvalue weighted by Crippen LogP contribution is 2.32. The summed E-state index contributed by atoms with van der Waals surface area (Å²) in [7, 11) is 0. The number of fused-ring (bicyclic) bond motifs is 1. The van der Waals surface area contributed by atoms with Gasteiger partial charge in [-0.25, -0.2) is 0 Å². The highest BCUT2D eigenvalue weighted by atomic mass is 16.7. The summed E-state index contributed by atoms with van der Waals surface area (Å²) in [5.41, 5.74) is 2.51. The van der Waals surface area contributed by atoms with E-state index in [1.807, 2.05) is 24.3 Å². The van der Waals surface area contributed by atoms with Gasteiger partial charge in [-0.3, -0.25) is 9.80 Å². The molecule has 162 valence electrons. The van der Waals surface area contributed by atoms with Crippen LogP contribution in [0.25, 0.3) is 0 Å². The van der Waals surface area contributed by atoms with Gasteiger partial charge in [-0.05, 0) is 23.3 Å². The predicted molar refractivity (Wildman–Crippen MR) is 116 cm³/mol. The van der Waals surface area contributed by atoms with E-state index in [-0.39, 0.29) is 0 Å². The van der Waals surface area contributed by atoms with E-state index in [1.54, 1.807) is 0 Å². The molecule has 0 saturated carbocycles. The maximum atomic E-state index is 10.4. The summed E-state index contributed by atoms with van der Waals surface area (Å²) in [6, 6.07) is 16.5. The number of piperazine rings is 1. The maximum absolute atomic E-state index is 10.4. The van der Waals surface area contributed by atoms with Crippen LogP contribution in [0.1, 0.15) is 24.0 Å². The number of aliphatic hydroxyl groups is 1. The Labute approximate surface area is 179 Å². The minimum atomic E-state index is -0.451. The third kappa shape index (κ3) is 5.73. The van der Waals surface area contributed by atoms with Crippen molar-refractivity contribution in [3.63, 3.8) is 0 Å². The first-order chi connectivity index (χ1) is 14.7. The van der Waals surface area contributed by atoms with Gasteiger partial charge in [0, 0.05) is 45.2 Å². The van der Waals surface area contributed by atoms with Crippen molar-refractivity contribution >= 4 is 0 Å². The molecule has 0 bridgehead atoms. The van der Waals surface area contributed by atoms with Gasteiger partial charge in [0.05, 0.1) is 19.3 Å². The summed E-state index contributed by atoms with van der Waals surface area (Å²) in [4.78, 5) is 4.77. The van der Waals surface area contributed by atoms with E-state index < -0.39 is 6.10 Å². The van der Waals surface area contributed by atoms with Crippen molar-refractivity contribution in [2.24, 2.45) is 0 Å². The number of hydrogen-bond donors (Lipinski definition) is 1. The fraction of sp³-hybridized carbons (Fsp3) is 0.500. The van der Waals surface area contributed by atoms with Crippen LogP contribution in [0.4, 0.5) is 0 Å². The molecule has 2 atom stereocenters. The van der Waals surface area contributed by atoms with Crippen LogP contribution in [-0.2, 0) is 11.3 Å². The van der Waals surface area contributed by atoms with Gasteiger partial charge in [0.25, 0.3) is 0 Å². The van der Waals surface area contributed by atoms with Gasteiger partial charge in [-0.2, -0.15) is 0 Å². The highest BCUT2D eigenvalue weighted by molar-refractivity contribution is 5.44. The molecule has 2 aliphatic rings. The molecule has 0 aromatic heterocycles. The molecule has 1 fully saturated rings. The molecule has 0 radical (unpaired) electrons. The van der Waals surface area contributed by atoms with Gasteiger partial charge < -0.3 is 19.3 Å². The Morgan fingerprint density at radius 3 is 2.47 bits per heavy atom. The monoisotopic (exact) mass is 412 g/mol. The number of nitrogens with zero attached hydrogens (tertiary/aromatic N) is 2. The molecule has 2 aliphatic heterocycles. The fourth-order valence-electron chi connectivity index (χ4n) is 4.04. The first-order valence-corrected chi connectivity index (χ1v) is 10.8. The number of ether oxygens (including phenoxy) is 3. The molecule has 6 heteroatoms. The lowest BCUT2D eigenvalue weighted by Gasteiger charge is -2.35. The molecule has 1 N–H and O–H groups in total. The second kappa shape index (κ2) is 10.3. The number of benzene rings is 2. The zero-order valence-electron chi connectivity index (χ0n) is 17.7. The van der Waals surface area contributed by atoms with E-state index in [0.29, 0.717) is 32.5 Å². The molecule has 30 heavy (non-hydrogen) atoms. The average Bonchev–Trinajstić information content (AvgIpc) is 3.23. The Kier molecular flexibility index (Phi) is 7.23. The Morgan fingerprint density at radius 1 is 0.933 bits per heavy atom. The summed E-state index contributed by atoms with van der Waals surface area (Å²) in [5.74, 6) is 2.01. The van der Waals surface area contributed by atoms with Gasteiger partial charge in [0.1, 0.15) is 0 Å². The van der Waals surface area contributed by atoms with Gasteiger partial charge in [0.15, 0.2) is 11.5 Å². The van der Waals surface area contributed by atoms with Crippen molar-refractivity contribution in [1.82, 2.24) is 9.80 Å². The average molecular weight is 413 g/mol. The van der Waals surface area contributed by atoms with Crippen molar-refractivity contribution in [1.29, 1.82) is 0 Å². The van der Waals surface area contributed by atoms with Crippen LogP contribution in [-0.4, -0.2) is 73.7 Å². The largest absolute Gasteiger partial charge is 0.454 e. The second-order valence-electron chi connectivity index (χ2n) is 8.27. The van der Waals surface area contributed by atoms with Crippen molar-refractivity contribution in [3.8, 4) is 11.5 Å². The van der Waals surface area contributed by atoms with E-state index in [2.05, 4.69) is 41.0 Å². The first-order valence-electron chi connectivity index (χ1n) is 10.8. The highest BCUT2D eigenvalue weighted by Gasteiger charge is 2.21. The SMILES string of the molecule is CC(COCC(O)CN1CCN(Cc2ccc3c(c2)OCO3)CC1)c1ccccc1. The maximum Gasteiger partial charge on any atom is 0.231 e. The third-order valence-corrected chi connectivity index (χ3v) is 5.82. The smallest absolute Gasteiger partial charge is 0.231 e. The lowest BCUT2D eigenvalue weighted by molar-refractivity contribution is 0.00364. The Hall–Kier alpha value is -2.12. The van der Waals surface area contributed by atoms with E-state index in [0.717, 1.165) is 44.2 Å². The molecule has 2 aromatic rings. The lowest BCUT2D eigenvalue weighted by Crippen LogP contribution is -2.48. The van der Waals surface area contributed by atoms with Crippen LogP contribution in [0, 0.1) is 0 Å². The fourth-order valence-corrected chi connectivity index (χ4v) is 4.04. The summed E-state index contributed by atoms with van der Waals surface area (Å²) < 4.78 is 16.6. The van der Waals surface area contributed by atoms with Crippen molar-refractivity contribution in [2.45, 2.75) is 25.5 Å². The Morgan fingerprint density at radius 2 is 1.67 bits per heavy atom. The molecule has 4 rings (SSSR count). The quantitative estimate of drug-likeness (QED) is 0.684. The van der Waals surface area contributed by atoms with Gasteiger partial charge in [0.2, 0.25) is 6.79 Å². The number of hydrogen-bond acceptors (Lipinski definition) is 6. The molecule has 0 spiro atoms. The second-order valence-corrected chi connectivity index (χ2v) is 8.27. The molecule has 0 amide bonds. The molecular weight excluding hydrogens is 380 g/mol. The Bertz CT molecular complexity index is 793. The summed E-state index contributed by atoms with van der Waals surface area (Å²) in [6.45, 7) is 8.96. The summed E-state index contributed by atoms with van der Waals surface area (Å²) in [6.07, 6.45) is -0.451. The van der Waals surface area contributed by atoms with E-state index in [4.69, 9.17) is 14.2 Å². The minimum absolute atomic E-state index is 0.314. The van der Waals surface area contributed by atoms with Crippen molar-refractivity contribution < 1.29 is 19.3 Å². The van der Waals surface area contributed by atoms with Crippen LogP contribution in [0.3, 0.4) is 0 Å². The molecule has 2 unspecified atom stereocenters. The van der Waals surface area contributed by atoms with E-state index >= 15 is 0 Å². The van der Waals surface area contributed by atoms with Crippen LogP contribution in [0.15, 0.2) is 48.5 Å². The topological polar surface area (TPSA) is 54.4 Å². The molecule has 0 aliphatic carbocycles. The number of aliphatic hydroxyl groups excluding tert-OH is 1. The van der Waals surface area contributed by atoms with Crippen LogP contribution in [0.5, 0.6) is 11.5 Å². The minimum Gasteiger partial charge on any atom is -0.454 e. The standard InChI is InChI=1S/C24H32N2O4/c1-19(21-5-3-2-4-6-21)16-28-17-22(27)15-26-11-9-25(10-12-26)14-20-7-8-23-24(13-20)30-18-29-23/h2-8,13,19,22,27H,9-12,14-18H2,1H3. The molecular formula is C24H32N2O4. The summed E-state index contributed by atoms with van der Waals surface area (Å²) in [5, 5.41) is 10.4. The molecule has 2 aromatic carbocycles. The zero-order chi connectivity index (χ0) is 20.8. The van der Waals surface area contributed by atoms with Gasteiger partial charge in [-0.15, -0.1) is 0 Å². The first kappa shape index (κ1) is 21.1. The zero-order valence-corrected chi connectivity index (χ0v) is 17.7. The number of rotatable bonds is 9. The molecule has 6 nitrogen and oxygen atoms in total. The lowest BCUT2D eigenvalue weighted by atomic mass is 10.0. The predicted octanol–water partition coefficient (Wildman–Crippen LogP) is 2.71. The summed E-state index contributed by atoms with van der Waals surface area (Å²) >= 11 is 0. The van der Waals surface area contributed by atoms with Crippen LogP contribution >= 0.6 is 0 Å². The van der Waals surface area contributed by atoms with Gasteiger partial charge >= 0.3 is 0 Å². The van der Waals surface area contributed by atoms with Crippen LogP contribution < -0.4 is 9.47 Å². The normalized spacial score (nSPS) is 19.0. The van der Waals surface area contributed by atoms with Crippen LogP contribution in [0.2, 0.25) is 0 Å². The van der Waals surface area contributed by atoms with E-state index in [1.165, 1.54) is 11.1 Å². The number of β-amino-alcohol motifs (C(OH)–C–C–N with tert-alkyl or cyclic N) is 1. The molecule has 1 saturated heterocycles. The third-order valence-electron chi connectivity index (χ3n) is 5.82. The Balaban J connectivity index is 1.13.